The second-order valence-electron chi connectivity index (χ2n) is 2.06. The van der Waals surface area contributed by atoms with E-state index in [-0.39, 0.29) is 11.5 Å². The van der Waals surface area contributed by atoms with E-state index in [2.05, 4.69) is 4.74 Å². The number of rotatable bonds is 4. The molecule has 13 heavy (non-hydrogen) atoms. The molecule has 0 saturated carbocycles. The summed E-state index contributed by atoms with van der Waals surface area (Å²) in [6.45, 7) is 2.30. The normalized spacial score (nSPS) is 9.31. The lowest BCUT2D eigenvalue weighted by molar-refractivity contribution is -0.120. The number of carbonyl (C=O) groups is 2. The van der Waals surface area contributed by atoms with Gasteiger partial charge >= 0.3 is 5.97 Å². The summed E-state index contributed by atoms with van der Waals surface area (Å²) >= 11 is 1.17. The molecule has 0 aliphatic carbocycles. The molecule has 5 heteroatoms. The summed E-state index contributed by atoms with van der Waals surface area (Å²) in [5, 5.41) is 1.93. The molecule has 1 heterocycles. The Labute approximate surface area is 79.1 Å². The van der Waals surface area contributed by atoms with Gasteiger partial charge in [-0.1, -0.05) is 0 Å². The second-order valence-corrected chi connectivity index (χ2v) is 2.93. The molecule has 4 nitrogen and oxygen atoms in total. The molecule has 0 bridgehead atoms. The van der Waals surface area contributed by atoms with Crippen molar-refractivity contribution in [3.05, 3.63) is 17.0 Å². The van der Waals surface area contributed by atoms with Gasteiger partial charge in [0.15, 0.2) is 5.06 Å². The predicted octanol–water partition coefficient (Wildman–Crippen LogP) is 1.46. The Morgan fingerprint density at radius 3 is 3.08 bits per heavy atom. The van der Waals surface area contributed by atoms with Crippen LogP contribution >= 0.6 is 11.3 Å². The van der Waals surface area contributed by atoms with Crippen LogP contribution in [0.15, 0.2) is 11.4 Å². The van der Waals surface area contributed by atoms with Crippen molar-refractivity contribution in [2.45, 2.75) is 6.92 Å². The van der Waals surface area contributed by atoms with E-state index in [1.165, 1.54) is 11.3 Å². The Hall–Kier alpha value is -1.36. The van der Waals surface area contributed by atoms with Gasteiger partial charge in [-0.05, 0) is 18.4 Å². The van der Waals surface area contributed by atoms with Crippen LogP contribution in [0.2, 0.25) is 0 Å². The molecular weight excluding hydrogens is 192 g/mol. The fourth-order valence-corrected chi connectivity index (χ4v) is 1.49. The highest BCUT2D eigenvalue weighted by Gasteiger charge is 2.14. The van der Waals surface area contributed by atoms with Crippen molar-refractivity contribution in [3.8, 4) is 5.06 Å². The van der Waals surface area contributed by atoms with Crippen molar-refractivity contribution < 1.29 is 19.1 Å². The Morgan fingerprint density at radius 1 is 1.69 bits per heavy atom. The lowest BCUT2D eigenvalue weighted by Crippen LogP contribution is -2.04. The van der Waals surface area contributed by atoms with E-state index in [1.807, 2.05) is 0 Å². The average Bonchev–Trinajstić information content (AvgIpc) is 2.54. The Bertz CT molecular complexity index is 305. The molecule has 70 valence electrons. The zero-order valence-electron chi connectivity index (χ0n) is 6.98. The number of esters is 1. The fourth-order valence-electron chi connectivity index (χ4n) is 0.791. The summed E-state index contributed by atoms with van der Waals surface area (Å²) < 4.78 is 9.33. The standard InChI is InChI=1S/C8H8O4S/c1-2-11-7(10)6-3-4-13-8(6)12-5-9/h3-5H,2H2,1H3. The van der Waals surface area contributed by atoms with Crippen molar-refractivity contribution in [1.82, 2.24) is 0 Å². The molecule has 0 fully saturated rings. The molecule has 0 aliphatic rings. The van der Waals surface area contributed by atoms with E-state index in [4.69, 9.17) is 4.74 Å². The molecule has 1 aromatic rings. The van der Waals surface area contributed by atoms with E-state index in [9.17, 15) is 9.59 Å². The van der Waals surface area contributed by atoms with E-state index in [0.29, 0.717) is 12.2 Å². The van der Waals surface area contributed by atoms with Crippen molar-refractivity contribution in [2.24, 2.45) is 0 Å². The lowest BCUT2D eigenvalue weighted by Gasteiger charge is -2.00. The quantitative estimate of drug-likeness (QED) is 0.545. The smallest absolute Gasteiger partial charge is 0.342 e. The molecule has 0 aromatic carbocycles. The van der Waals surface area contributed by atoms with Gasteiger partial charge in [0.1, 0.15) is 5.56 Å². The summed E-state index contributed by atoms with van der Waals surface area (Å²) in [6, 6.07) is 1.56. The number of hydrogen-bond acceptors (Lipinski definition) is 5. The SMILES string of the molecule is CCOC(=O)c1ccsc1OC=O. The van der Waals surface area contributed by atoms with Gasteiger partial charge in [0.25, 0.3) is 6.47 Å². The molecule has 0 N–H and O–H groups in total. The summed E-state index contributed by atoms with van der Waals surface area (Å²) in [4.78, 5) is 21.2. The van der Waals surface area contributed by atoms with Crippen molar-refractivity contribution in [2.75, 3.05) is 6.61 Å². The lowest BCUT2D eigenvalue weighted by atomic mass is 10.3. The summed E-state index contributed by atoms with van der Waals surface area (Å²) in [5.41, 5.74) is 0.291. The van der Waals surface area contributed by atoms with Gasteiger partial charge in [-0.15, -0.1) is 11.3 Å². The maximum Gasteiger partial charge on any atom is 0.342 e. The van der Waals surface area contributed by atoms with E-state index in [1.54, 1.807) is 18.4 Å². The van der Waals surface area contributed by atoms with Gasteiger partial charge in [0.2, 0.25) is 0 Å². The number of carbonyl (C=O) groups excluding carboxylic acids is 2. The Balaban J connectivity index is 2.80. The zero-order valence-corrected chi connectivity index (χ0v) is 7.80. The Kier molecular flexibility index (Phi) is 3.45. The monoisotopic (exact) mass is 200 g/mol. The van der Waals surface area contributed by atoms with Crippen LogP contribution in [0.5, 0.6) is 5.06 Å². The number of thiophene rings is 1. The average molecular weight is 200 g/mol. The third-order valence-corrected chi connectivity index (χ3v) is 2.08. The fraction of sp³-hybridized carbons (Fsp3) is 0.250. The van der Waals surface area contributed by atoms with E-state index in [0.717, 1.165) is 0 Å². The molecule has 0 unspecified atom stereocenters. The topological polar surface area (TPSA) is 52.6 Å². The van der Waals surface area contributed by atoms with Crippen molar-refractivity contribution in [1.29, 1.82) is 0 Å². The van der Waals surface area contributed by atoms with Gasteiger partial charge in [-0.2, -0.15) is 0 Å². The van der Waals surface area contributed by atoms with Crippen LogP contribution in [0.3, 0.4) is 0 Å². The van der Waals surface area contributed by atoms with Crippen molar-refractivity contribution in [3.63, 3.8) is 0 Å². The number of ether oxygens (including phenoxy) is 2. The highest BCUT2D eigenvalue weighted by molar-refractivity contribution is 7.12. The van der Waals surface area contributed by atoms with Gasteiger partial charge in [0.05, 0.1) is 6.61 Å². The summed E-state index contributed by atoms with van der Waals surface area (Å²) in [7, 11) is 0. The molecule has 0 atom stereocenters. The minimum atomic E-state index is -0.472. The van der Waals surface area contributed by atoms with Crippen LogP contribution in [0.4, 0.5) is 0 Å². The third kappa shape index (κ3) is 2.29. The number of hydrogen-bond donors (Lipinski definition) is 0. The third-order valence-electron chi connectivity index (χ3n) is 1.28. The minimum absolute atomic E-state index is 0.272. The first kappa shape index (κ1) is 9.73. The molecule has 0 saturated heterocycles. The van der Waals surface area contributed by atoms with Gasteiger partial charge in [-0.25, -0.2) is 4.79 Å². The molecular formula is C8H8O4S. The first-order chi connectivity index (χ1) is 6.29. The van der Waals surface area contributed by atoms with E-state index >= 15 is 0 Å². The zero-order chi connectivity index (χ0) is 9.68. The maximum absolute atomic E-state index is 11.2. The minimum Gasteiger partial charge on any atom is -0.462 e. The van der Waals surface area contributed by atoms with Crippen LogP contribution in [-0.2, 0) is 9.53 Å². The first-order valence-electron chi connectivity index (χ1n) is 3.64. The molecule has 0 spiro atoms. The molecule has 1 aromatic heterocycles. The van der Waals surface area contributed by atoms with Crippen LogP contribution < -0.4 is 4.74 Å². The van der Waals surface area contributed by atoms with Crippen LogP contribution in [0, 0.1) is 0 Å². The molecule has 0 radical (unpaired) electrons. The maximum atomic E-state index is 11.2. The largest absolute Gasteiger partial charge is 0.462 e. The second kappa shape index (κ2) is 4.61. The highest BCUT2D eigenvalue weighted by atomic mass is 32.1. The summed E-state index contributed by atoms with van der Waals surface area (Å²) in [6.07, 6.45) is 0. The Morgan fingerprint density at radius 2 is 2.46 bits per heavy atom. The van der Waals surface area contributed by atoms with Crippen molar-refractivity contribution >= 4 is 23.8 Å². The van der Waals surface area contributed by atoms with Gasteiger partial charge in [0, 0.05) is 0 Å². The summed E-state index contributed by atoms with van der Waals surface area (Å²) in [5.74, 6) is -0.472. The van der Waals surface area contributed by atoms with Crippen LogP contribution in [0.1, 0.15) is 17.3 Å². The van der Waals surface area contributed by atoms with Crippen LogP contribution in [-0.4, -0.2) is 19.0 Å². The van der Waals surface area contributed by atoms with Gasteiger partial charge in [-0.3, -0.25) is 4.79 Å². The molecule has 0 aliphatic heterocycles. The van der Waals surface area contributed by atoms with Crippen LogP contribution in [0.25, 0.3) is 0 Å². The molecule has 1 rings (SSSR count). The highest BCUT2D eigenvalue weighted by Crippen LogP contribution is 2.26. The first-order valence-corrected chi connectivity index (χ1v) is 4.52. The van der Waals surface area contributed by atoms with E-state index < -0.39 is 5.97 Å². The predicted molar refractivity (Wildman–Crippen MR) is 47.0 cm³/mol. The molecule has 0 amide bonds. The van der Waals surface area contributed by atoms with Gasteiger partial charge < -0.3 is 9.47 Å².